The fourth-order valence-corrected chi connectivity index (χ4v) is 4.31. The Morgan fingerprint density at radius 3 is 2.64 bits per heavy atom. The maximum Gasteiger partial charge on any atom is 0.234 e. The van der Waals surface area contributed by atoms with Crippen molar-refractivity contribution in [2.24, 2.45) is 5.16 Å². The molecule has 1 saturated heterocycles. The Balaban J connectivity index is 1.48. The van der Waals surface area contributed by atoms with Crippen molar-refractivity contribution in [1.29, 1.82) is 0 Å². The highest BCUT2D eigenvalue weighted by Gasteiger charge is 2.48. The van der Waals surface area contributed by atoms with Gasteiger partial charge in [0, 0.05) is 18.7 Å². The van der Waals surface area contributed by atoms with Crippen molar-refractivity contribution in [3.05, 3.63) is 83.1 Å². The normalized spacial score (nSPS) is 23.1. The van der Waals surface area contributed by atoms with Gasteiger partial charge in [0.25, 0.3) is 0 Å². The third-order valence-corrected chi connectivity index (χ3v) is 6.15. The van der Waals surface area contributed by atoms with Gasteiger partial charge in [-0.25, -0.2) is 4.98 Å². The number of rotatable bonds is 4. The Morgan fingerprint density at radius 1 is 1.15 bits per heavy atom. The summed E-state index contributed by atoms with van der Waals surface area (Å²) in [6, 6.07) is 14.4. The number of nitrogens with zero attached hydrogens (tertiary/aromatic N) is 4. The molecule has 0 spiro atoms. The van der Waals surface area contributed by atoms with Gasteiger partial charge in [-0.15, -0.1) is 0 Å². The lowest BCUT2D eigenvalue weighted by Gasteiger charge is -2.39. The summed E-state index contributed by atoms with van der Waals surface area (Å²) in [5.74, 6) is 2.12. The molecule has 0 N–H and O–H groups in total. The van der Waals surface area contributed by atoms with E-state index in [-0.39, 0.29) is 6.10 Å². The zero-order chi connectivity index (χ0) is 23.2. The van der Waals surface area contributed by atoms with Crippen LogP contribution in [0, 0.1) is 13.8 Å². The average Bonchev–Trinajstić information content (AvgIpc) is 3.38. The van der Waals surface area contributed by atoms with Gasteiger partial charge in [-0.2, -0.15) is 0 Å². The zero-order valence-corrected chi connectivity index (χ0v) is 19.6. The van der Waals surface area contributed by atoms with E-state index in [0.29, 0.717) is 18.1 Å². The molecule has 0 bridgehead atoms. The number of oxime groups is 1. The number of hydrogen-bond donors (Lipinski definition) is 0. The molecule has 0 saturated carbocycles. The second-order valence-corrected chi connectivity index (χ2v) is 8.76. The van der Waals surface area contributed by atoms with E-state index in [1.807, 2.05) is 42.0 Å². The Morgan fingerprint density at radius 2 is 1.94 bits per heavy atom. The molecule has 1 fully saturated rings. The maximum atomic E-state index is 6.20. The van der Waals surface area contributed by atoms with Gasteiger partial charge in [0.1, 0.15) is 11.9 Å². The molecular formula is C26H28N4O3. The largest absolute Gasteiger partial charge is 0.495 e. The molecule has 33 heavy (non-hydrogen) atoms. The molecule has 7 nitrogen and oxygen atoms in total. The number of benzene rings is 2. The number of imidazole rings is 1. The van der Waals surface area contributed by atoms with E-state index in [1.54, 1.807) is 13.4 Å². The molecular weight excluding hydrogens is 416 g/mol. The van der Waals surface area contributed by atoms with Gasteiger partial charge in [-0.05, 0) is 44.5 Å². The number of aromatic nitrogens is 2. The molecule has 3 heterocycles. The zero-order valence-electron chi connectivity index (χ0n) is 19.6. The van der Waals surface area contributed by atoms with Crippen LogP contribution in [0.1, 0.15) is 36.2 Å². The second-order valence-electron chi connectivity index (χ2n) is 8.76. The maximum absolute atomic E-state index is 6.20. The first-order chi connectivity index (χ1) is 15.9. The third-order valence-electron chi connectivity index (χ3n) is 6.15. The smallest absolute Gasteiger partial charge is 0.234 e. The van der Waals surface area contributed by atoms with Crippen molar-refractivity contribution in [1.82, 2.24) is 14.5 Å². The van der Waals surface area contributed by atoms with Gasteiger partial charge in [-0.1, -0.05) is 41.1 Å². The summed E-state index contributed by atoms with van der Waals surface area (Å²) in [7, 11) is 1.67. The first-order valence-corrected chi connectivity index (χ1v) is 11.1. The number of ether oxygens (including phenoxy) is 2. The van der Waals surface area contributed by atoms with Gasteiger partial charge in [0.15, 0.2) is 5.76 Å². The first-order valence-electron chi connectivity index (χ1n) is 11.1. The van der Waals surface area contributed by atoms with Gasteiger partial charge in [0.2, 0.25) is 11.6 Å². The number of amidine groups is 1. The molecule has 2 atom stereocenters. The lowest BCUT2D eigenvalue weighted by atomic mass is 10.00. The summed E-state index contributed by atoms with van der Waals surface area (Å²) < 4.78 is 13.8. The Labute approximate surface area is 193 Å². The topological polar surface area (TPSA) is 61.1 Å². The van der Waals surface area contributed by atoms with Crippen LogP contribution in [0.4, 0.5) is 0 Å². The van der Waals surface area contributed by atoms with Crippen molar-refractivity contribution >= 4 is 11.9 Å². The molecule has 2 aliphatic rings. The third kappa shape index (κ3) is 3.73. The van der Waals surface area contributed by atoms with Crippen LogP contribution in [-0.2, 0) is 15.3 Å². The van der Waals surface area contributed by atoms with Crippen molar-refractivity contribution < 1.29 is 14.3 Å². The molecule has 2 aromatic carbocycles. The monoisotopic (exact) mass is 444 g/mol. The molecule has 5 rings (SSSR count). The molecule has 0 aliphatic carbocycles. The summed E-state index contributed by atoms with van der Waals surface area (Å²) in [5.41, 5.74) is 4.41. The van der Waals surface area contributed by atoms with E-state index in [0.717, 1.165) is 28.3 Å². The summed E-state index contributed by atoms with van der Waals surface area (Å²) >= 11 is 0. The van der Waals surface area contributed by atoms with Crippen molar-refractivity contribution in [3.8, 4) is 11.4 Å². The number of fused-ring (bicyclic) bond motifs is 1. The quantitative estimate of drug-likeness (QED) is 0.580. The molecule has 170 valence electrons. The first kappa shape index (κ1) is 21.1. The summed E-state index contributed by atoms with van der Waals surface area (Å²) in [6.07, 6.45) is 5.72. The van der Waals surface area contributed by atoms with Gasteiger partial charge < -0.3 is 23.8 Å². The number of morpholine rings is 1. The minimum absolute atomic E-state index is 0.0169. The van der Waals surface area contributed by atoms with E-state index in [4.69, 9.17) is 14.3 Å². The van der Waals surface area contributed by atoms with Crippen LogP contribution in [-0.4, -0.2) is 40.0 Å². The fraction of sp³-hybridized carbons (Fsp3) is 0.308. The van der Waals surface area contributed by atoms with E-state index in [9.17, 15) is 0 Å². The Kier molecular flexibility index (Phi) is 5.12. The SMILES string of the molecule is COc1cc(/C=C2\O[C@H](C)CN3C2=NO[C@]3(C)c2ccc(C)cc2)ccc1-n1cnc(C)c1. The average molecular weight is 445 g/mol. The minimum atomic E-state index is -0.680. The standard InChI is InChI=1S/C26H28N4O3/c1-17-6-9-21(10-7-17)26(4)30-15-19(3)32-24(25(30)28-33-26)13-20-8-11-22(23(12-20)31-5)29-14-18(2)27-16-29/h6-14,16,19H,15H2,1-5H3/b24-13-/t19-,26-/m1/s1. The van der Waals surface area contributed by atoms with Crippen LogP contribution in [0.5, 0.6) is 5.75 Å². The predicted octanol–water partition coefficient (Wildman–Crippen LogP) is 4.78. The van der Waals surface area contributed by atoms with Crippen LogP contribution in [0.25, 0.3) is 11.8 Å². The van der Waals surface area contributed by atoms with E-state index >= 15 is 0 Å². The van der Waals surface area contributed by atoms with E-state index in [1.165, 1.54) is 5.56 Å². The van der Waals surface area contributed by atoms with Gasteiger partial charge in [-0.3, -0.25) is 0 Å². The van der Waals surface area contributed by atoms with Crippen LogP contribution >= 0.6 is 0 Å². The van der Waals surface area contributed by atoms with Crippen molar-refractivity contribution in [3.63, 3.8) is 0 Å². The van der Waals surface area contributed by atoms with Crippen LogP contribution < -0.4 is 4.74 Å². The van der Waals surface area contributed by atoms with Crippen LogP contribution in [0.15, 0.2) is 65.9 Å². The van der Waals surface area contributed by atoms with Gasteiger partial charge >= 0.3 is 0 Å². The fourth-order valence-electron chi connectivity index (χ4n) is 4.31. The van der Waals surface area contributed by atoms with Crippen LogP contribution in [0.2, 0.25) is 0 Å². The van der Waals surface area contributed by atoms with E-state index in [2.05, 4.69) is 60.1 Å². The number of aryl methyl sites for hydroxylation is 2. The number of methoxy groups -OCH3 is 1. The second kappa shape index (κ2) is 7.99. The van der Waals surface area contributed by atoms with Crippen molar-refractivity contribution in [2.45, 2.75) is 39.5 Å². The van der Waals surface area contributed by atoms with Gasteiger partial charge in [0.05, 0.1) is 31.4 Å². The lowest BCUT2D eigenvalue weighted by molar-refractivity contribution is -0.104. The Hall–Kier alpha value is -3.74. The molecule has 2 aliphatic heterocycles. The summed E-state index contributed by atoms with van der Waals surface area (Å²) in [4.78, 5) is 12.5. The molecule has 1 aromatic heterocycles. The summed E-state index contributed by atoms with van der Waals surface area (Å²) in [5, 5.41) is 4.44. The Bertz CT molecular complexity index is 1240. The molecule has 0 unspecified atom stereocenters. The molecule has 0 amide bonds. The molecule has 0 radical (unpaired) electrons. The predicted molar refractivity (Wildman–Crippen MR) is 127 cm³/mol. The minimum Gasteiger partial charge on any atom is -0.495 e. The van der Waals surface area contributed by atoms with E-state index < -0.39 is 5.72 Å². The van der Waals surface area contributed by atoms with Crippen LogP contribution in [0.3, 0.4) is 0 Å². The summed E-state index contributed by atoms with van der Waals surface area (Å²) in [6.45, 7) is 8.83. The molecule has 3 aromatic rings. The molecule has 7 heteroatoms. The number of hydrogen-bond acceptors (Lipinski definition) is 6. The van der Waals surface area contributed by atoms with Crippen molar-refractivity contribution in [2.75, 3.05) is 13.7 Å². The lowest BCUT2D eigenvalue weighted by Crippen LogP contribution is -2.51. The highest BCUT2D eigenvalue weighted by molar-refractivity contribution is 6.01. The highest BCUT2D eigenvalue weighted by Crippen LogP contribution is 2.40. The highest BCUT2D eigenvalue weighted by atomic mass is 16.7.